The molecule has 2 aromatic rings. The van der Waals surface area contributed by atoms with E-state index >= 15 is 0 Å². The first-order valence-electron chi connectivity index (χ1n) is 6.32. The van der Waals surface area contributed by atoms with Crippen molar-refractivity contribution in [1.82, 2.24) is 5.32 Å². The third-order valence-electron chi connectivity index (χ3n) is 3.17. The molecule has 1 aromatic carbocycles. The summed E-state index contributed by atoms with van der Waals surface area (Å²) in [7, 11) is 0. The molecular formula is C15H17BrN2O2. The standard InChI is InChI=1S/C15H17BrN2O2/c1-8-7-12(10(3)20-8)9(2)18-15(19)11-5-4-6-13(17)14(11)16/h4-7,9H,17H2,1-3H3,(H,18,19). The van der Waals surface area contributed by atoms with E-state index in [-0.39, 0.29) is 11.9 Å². The molecule has 1 aromatic heterocycles. The number of halogens is 1. The summed E-state index contributed by atoms with van der Waals surface area (Å²) in [5, 5.41) is 2.95. The quantitative estimate of drug-likeness (QED) is 0.839. The van der Waals surface area contributed by atoms with Gasteiger partial charge >= 0.3 is 0 Å². The summed E-state index contributed by atoms with van der Waals surface area (Å²) >= 11 is 3.34. The van der Waals surface area contributed by atoms with Gasteiger partial charge in [0.1, 0.15) is 11.5 Å². The summed E-state index contributed by atoms with van der Waals surface area (Å²) in [6, 6.07) is 7.04. The van der Waals surface area contributed by atoms with Crippen LogP contribution in [-0.2, 0) is 0 Å². The second kappa shape index (κ2) is 5.71. The lowest BCUT2D eigenvalue weighted by molar-refractivity contribution is 0.0939. The molecule has 0 saturated heterocycles. The lowest BCUT2D eigenvalue weighted by Crippen LogP contribution is -2.27. The Morgan fingerprint density at radius 2 is 2.10 bits per heavy atom. The highest BCUT2D eigenvalue weighted by Crippen LogP contribution is 2.25. The van der Waals surface area contributed by atoms with E-state index in [4.69, 9.17) is 10.2 Å². The van der Waals surface area contributed by atoms with E-state index in [0.717, 1.165) is 17.1 Å². The van der Waals surface area contributed by atoms with Crippen molar-refractivity contribution in [3.63, 3.8) is 0 Å². The SMILES string of the molecule is Cc1cc(C(C)NC(=O)c2cccc(N)c2Br)c(C)o1. The van der Waals surface area contributed by atoms with Crippen molar-refractivity contribution in [3.8, 4) is 0 Å². The predicted octanol–water partition coefficient (Wildman–Crippen LogP) is 3.73. The van der Waals surface area contributed by atoms with Crippen molar-refractivity contribution < 1.29 is 9.21 Å². The zero-order valence-electron chi connectivity index (χ0n) is 11.7. The number of nitrogen functional groups attached to an aromatic ring is 1. The molecule has 0 aliphatic carbocycles. The van der Waals surface area contributed by atoms with Gasteiger partial charge in [-0.1, -0.05) is 6.07 Å². The van der Waals surface area contributed by atoms with Gasteiger partial charge in [0.2, 0.25) is 0 Å². The fourth-order valence-corrected chi connectivity index (χ4v) is 2.60. The molecule has 4 nitrogen and oxygen atoms in total. The van der Waals surface area contributed by atoms with Gasteiger partial charge in [-0.05, 0) is 54.9 Å². The number of aryl methyl sites for hydroxylation is 2. The average Bonchev–Trinajstić information content (AvgIpc) is 2.71. The number of nitrogens with two attached hydrogens (primary N) is 1. The third kappa shape index (κ3) is 2.88. The third-order valence-corrected chi connectivity index (χ3v) is 4.05. The number of nitrogens with one attached hydrogen (secondary N) is 1. The molecule has 0 saturated carbocycles. The van der Waals surface area contributed by atoms with Gasteiger partial charge < -0.3 is 15.5 Å². The Bertz CT molecular complexity index is 649. The number of rotatable bonds is 3. The Labute approximate surface area is 126 Å². The van der Waals surface area contributed by atoms with E-state index in [2.05, 4.69) is 21.2 Å². The minimum Gasteiger partial charge on any atom is -0.466 e. The van der Waals surface area contributed by atoms with Gasteiger partial charge in [0.25, 0.3) is 5.91 Å². The van der Waals surface area contributed by atoms with E-state index in [1.165, 1.54) is 0 Å². The maximum atomic E-state index is 12.3. The van der Waals surface area contributed by atoms with Gasteiger partial charge in [-0.3, -0.25) is 4.79 Å². The molecule has 3 N–H and O–H groups in total. The second-order valence-electron chi connectivity index (χ2n) is 4.77. The summed E-state index contributed by atoms with van der Waals surface area (Å²) in [6.07, 6.45) is 0. The molecule has 0 aliphatic heterocycles. The van der Waals surface area contributed by atoms with Crippen molar-refractivity contribution in [2.45, 2.75) is 26.8 Å². The number of benzene rings is 1. The van der Waals surface area contributed by atoms with Crippen LogP contribution >= 0.6 is 15.9 Å². The van der Waals surface area contributed by atoms with Gasteiger partial charge in [0.15, 0.2) is 0 Å². The van der Waals surface area contributed by atoms with Crippen LogP contribution in [0.15, 0.2) is 33.2 Å². The van der Waals surface area contributed by atoms with Crippen LogP contribution in [0.3, 0.4) is 0 Å². The predicted molar refractivity (Wildman–Crippen MR) is 82.6 cm³/mol. The summed E-state index contributed by atoms with van der Waals surface area (Å²) in [5.74, 6) is 1.49. The monoisotopic (exact) mass is 336 g/mol. The summed E-state index contributed by atoms with van der Waals surface area (Å²) in [4.78, 5) is 12.3. The molecule has 1 amide bonds. The largest absolute Gasteiger partial charge is 0.466 e. The van der Waals surface area contributed by atoms with Crippen molar-refractivity contribution in [3.05, 3.63) is 51.4 Å². The minimum atomic E-state index is -0.171. The van der Waals surface area contributed by atoms with Gasteiger partial charge in [-0.2, -0.15) is 0 Å². The molecule has 0 fully saturated rings. The average molecular weight is 337 g/mol. The smallest absolute Gasteiger partial charge is 0.252 e. The van der Waals surface area contributed by atoms with Crippen LogP contribution in [0.2, 0.25) is 0 Å². The molecule has 1 unspecified atom stereocenters. The van der Waals surface area contributed by atoms with Crippen molar-refractivity contribution in [2.75, 3.05) is 5.73 Å². The molecule has 106 valence electrons. The zero-order valence-corrected chi connectivity index (χ0v) is 13.2. The highest BCUT2D eigenvalue weighted by atomic mass is 79.9. The number of carbonyl (C=O) groups excluding carboxylic acids is 1. The van der Waals surface area contributed by atoms with Crippen LogP contribution in [-0.4, -0.2) is 5.91 Å². The van der Waals surface area contributed by atoms with Gasteiger partial charge in [-0.25, -0.2) is 0 Å². The lowest BCUT2D eigenvalue weighted by Gasteiger charge is -2.14. The van der Waals surface area contributed by atoms with Crippen LogP contribution in [0.4, 0.5) is 5.69 Å². The Morgan fingerprint density at radius 1 is 1.40 bits per heavy atom. The summed E-state index contributed by atoms with van der Waals surface area (Å²) < 4.78 is 6.10. The number of hydrogen-bond acceptors (Lipinski definition) is 3. The normalized spacial score (nSPS) is 12.2. The number of amides is 1. The molecule has 0 aliphatic rings. The fourth-order valence-electron chi connectivity index (χ4n) is 2.16. The van der Waals surface area contributed by atoms with Gasteiger partial charge in [0, 0.05) is 11.3 Å². The summed E-state index contributed by atoms with van der Waals surface area (Å²) in [5.41, 5.74) is 7.83. The minimum absolute atomic E-state index is 0.131. The molecule has 1 atom stereocenters. The molecule has 20 heavy (non-hydrogen) atoms. The van der Waals surface area contributed by atoms with Crippen LogP contribution in [0.25, 0.3) is 0 Å². The molecule has 0 bridgehead atoms. The first-order valence-corrected chi connectivity index (χ1v) is 7.11. The topological polar surface area (TPSA) is 68.3 Å². The number of anilines is 1. The lowest BCUT2D eigenvalue weighted by atomic mass is 10.1. The first-order chi connectivity index (χ1) is 9.40. The maximum Gasteiger partial charge on any atom is 0.252 e. The Kier molecular flexibility index (Phi) is 4.18. The maximum absolute atomic E-state index is 12.3. The van der Waals surface area contributed by atoms with E-state index in [9.17, 15) is 4.79 Å². The van der Waals surface area contributed by atoms with Crippen molar-refractivity contribution in [2.24, 2.45) is 0 Å². The number of furan rings is 1. The van der Waals surface area contributed by atoms with Crippen molar-refractivity contribution >= 4 is 27.5 Å². The van der Waals surface area contributed by atoms with Crippen LogP contribution in [0.1, 0.15) is 40.4 Å². The van der Waals surface area contributed by atoms with Crippen LogP contribution < -0.4 is 11.1 Å². The van der Waals surface area contributed by atoms with E-state index < -0.39 is 0 Å². The molecule has 2 rings (SSSR count). The van der Waals surface area contributed by atoms with E-state index in [0.29, 0.717) is 15.7 Å². The Morgan fingerprint density at radius 3 is 2.70 bits per heavy atom. The molecule has 0 spiro atoms. The molecule has 5 heteroatoms. The zero-order chi connectivity index (χ0) is 14.9. The van der Waals surface area contributed by atoms with Gasteiger partial charge in [0.05, 0.1) is 16.1 Å². The van der Waals surface area contributed by atoms with Crippen molar-refractivity contribution in [1.29, 1.82) is 0 Å². The second-order valence-corrected chi connectivity index (χ2v) is 5.57. The van der Waals surface area contributed by atoms with E-state index in [1.54, 1.807) is 18.2 Å². The van der Waals surface area contributed by atoms with Gasteiger partial charge in [-0.15, -0.1) is 0 Å². The van der Waals surface area contributed by atoms with Crippen LogP contribution in [0.5, 0.6) is 0 Å². The molecule has 0 radical (unpaired) electrons. The van der Waals surface area contributed by atoms with E-state index in [1.807, 2.05) is 26.8 Å². The highest BCUT2D eigenvalue weighted by molar-refractivity contribution is 9.10. The fraction of sp³-hybridized carbons (Fsp3) is 0.267. The van der Waals surface area contributed by atoms with Crippen LogP contribution in [0, 0.1) is 13.8 Å². The first kappa shape index (κ1) is 14.7. The molecule has 1 heterocycles. The number of hydrogen-bond donors (Lipinski definition) is 2. The Hall–Kier alpha value is -1.75. The Balaban J connectivity index is 2.19. The highest BCUT2D eigenvalue weighted by Gasteiger charge is 2.18. The number of carbonyl (C=O) groups is 1. The summed E-state index contributed by atoms with van der Waals surface area (Å²) in [6.45, 7) is 5.70. The molecular weight excluding hydrogens is 320 g/mol.